The lowest BCUT2D eigenvalue weighted by molar-refractivity contribution is -0.121. The van der Waals surface area contributed by atoms with Crippen LogP contribution in [0.2, 0.25) is 0 Å². The van der Waals surface area contributed by atoms with Crippen LogP contribution in [0.4, 0.5) is 0 Å². The van der Waals surface area contributed by atoms with E-state index in [0.717, 1.165) is 9.87 Å². The van der Waals surface area contributed by atoms with Crippen LogP contribution in [0, 0.1) is 0 Å². The molecule has 9 nitrogen and oxygen atoms in total. The minimum atomic E-state index is -3.81. The van der Waals surface area contributed by atoms with E-state index in [1.165, 1.54) is 19.2 Å². The molecule has 0 saturated heterocycles. The van der Waals surface area contributed by atoms with Gasteiger partial charge in [0.1, 0.15) is 5.69 Å². The van der Waals surface area contributed by atoms with Crippen molar-refractivity contribution in [2.75, 3.05) is 13.6 Å². The number of hydrogen-bond donors (Lipinski definition) is 3. The van der Waals surface area contributed by atoms with Gasteiger partial charge in [-0.25, -0.2) is 8.42 Å². The summed E-state index contributed by atoms with van der Waals surface area (Å²) in [4.78, 5) is 24.3. The average Bonchev–Trinajstić information content (AvgIpc) is 3.23. The van der Waals surface area contributed by atoms with Crippen LogP contribution in [0.1, 0.15) is 10.5 Å². The molecule has 0 spiro atoms. The first kappa shape index (κ1) is 20.2. The van der Waals surface area contributed by atoms with Gasteiger partial charge in [-0.3, -0.25) is 25.5 Å². The predicted octanol–water partition coefficient (Wildman–Crippen LogP) is 1.16. The standard InChI is InChI=1S/C19H19N5O4S/c1-24(29(27,28)15-10-6-3-7-11-15)13-18(25)22-23-19(26)17-12-16(20-21-17)14-8-4-2-5-9-14/h2-12H,13H2,1H3,(H,20,21)(H,22,25)(H,23,26). The van der Waals surface area contributed by atoms with Crippen LogP contribution in [-0.2, 0) is 14.8 Å². The van der Waals surface area contributed by atoms with Crippen LogP contribution >= 0.6 is 0 Å². The number of hydrazine groups is 1. The highest BCUT2D eigenvalue weighted by Crippen LogP contribution is 2.16. The normalized spacial score (nSPS) is 11.2. The zero-order valence-electron chi connectivity index (χ0n) is 15.5. The SMILES string of the molecule is CN(CC(=O)NNC(=O)c1cc(-c2ccccc2)n[nH]1)S(=O)(=O)c1ccccc1. The number of nitrogens with zero attached hydrogens (tertiary/aromatic N) is 2. The van der Waals surface area contributed by atoms with Crippen molar-refractivity contribution >= 4 is 21.8 Å². The third kappa shape index (κ3) is 4.86. The van der Waals surface area contributed by atoms with Crippen molar-refractivity contribution in [1.29, 1.82) is 0 Å². The van der Waals surface area contributed by atoms with Gasteiger partial charge in [-0.05, 0) is 18.2 Å². The number of H-pyrrole nitrogens is 1. The lowest BCUT2D eigenvalue weighted by Crippen LogP contribution is -2.46. The second-order valence-electron chi connectivity index (χ2n) is 6.11. The van der Waals surface area contributed by atoms with E-state index in [1.807, 2.05) is 30.3 Å². The lowest BCUT2D eigenvalue weighted by Gasteiger charge is -2.16. The number of aromatic amines is 1. The third-order valence-corrected chi connectivity index (χ3v) is 5.84. The number of likely N-dealkylation sites (N-methyl/N-ethyl adjacent to an activating group) is 1. The highest BCUT2D eigenvalue weighted by molar-refractivity contribution is 7.89. The van der Waals surface area contributed by atoms with Crippen LogP contribution in [0.3, 0.4) is 0 Å². The van der Waals surface area contributed by atoms with Crippen LogP contribution < -0.4 is 10.9 Å². The molecule has 2 amide bonds. The zero-order chi connectivity index (χ0) is 20.9. The predicted molar refractivity (Wildman–Crippen MR) is 106 cm³/mol. The fourth-order valence-corrected chi connectivity index (χ4v) is 3.64. The van der Waals surface area contributed by atoms with E-state index in [4.69, 9.17) is 0 Å². The van der Waals surface area contributed by atoms with E-state index < -0.39 is 28.4 Å². The molecule has 3 N–H and O–H groups in total. The molecule has 150 valence electrons. The van der Waals surface area contributed by atoms with Crippen molar-refractivity contribution in [1.82, 2.24) is 25.4 Å². The number of rotatable bonds is 6. The van der Waals surface area contributed by atoms with E-state index in [9.17, 15) is 18.0 Å². The molecule has 0 radical (unpaired) electrons. The number of carbonyl (C=O) groups excluding carboxylic acids is 2. The Balaban J connectivity index is 1.55. The summed E-state index contributed by atoms with van der Waals surface area (Å²) in [5.74, 6) is -1.30. The molecule has 10 heteroatoms. The molecule has 3 aromatic rings. The zero-order valence-corrected chi connectivity index (χ0v) is 16.3. The summed E-state index contributed by atoms with van der Waals surface area (Å²) in [5, 5.41) is 6.66. The Bertz CT molecular complexity index is 1100. The van der Waals surface area contributed by atoms with Gasteiger partial charge in [-0.2, -0.15) is 9.40 Å². The first-order chi connectivity index (χ1) is 13.9. The average molecular weight is 413 g/mol. The molecule has 0 aliphatic rings. The summed E-state index contributed by atoms with van der Waals surface area (Å²) in [6.07, 6.45) is 0. The molecule has 1 heterocycles. The molecule has 0 unspecified atom stereocenters. The van der Waals surface area contributed by atoms with Gasteiger partial charge < -0.3 is 0 Å². The third-order valence-electron chi connectivity index (χ3n) is 4.03. The Kier molecular flexibility index (Phi) is 6.05. The molecule has 29 heavy (non-hydrogen) atoms. The molecule has 0 bridgehead atoms. The van der Waals surface area contributed by atoms with Gasteiger partial charge in [0, 0.05) is 12.6 Å². The molecular formula is C19H19N5O4S. The Hall–Kier alpha value is -3.50. The van der Waals surface area contributed by atoms with E-state index in [0.29, 0.717) is 5.69 Å². The number of nitrogens with one attached hydrogen (secondary N) is 3. The van der Waals surface area contributed by atoms with Crippen LogP contribution in [0.5, 0.6) is 0 Å². The largest absolute Gasteiger partial charge is 0.287 e. The van der Waals surface area contributed by atoms with Crippen LogP contribution in [-0.4, -0.2) is 48.3 Å². The van der Waals surface area contributed by atoms with Gasteiger partial charge in [0.15, 0.2) is 0 Å². The maximum absolute atomic E-state index is 12.4. The molecule has 1 aromatic heterocycles. The minimum absolute atomic E-state index is 0.0743. The molecular weight excluding hydrogens is 394 g/mol. The summed E-state index contributed by atoms with van der Waals surface area (Å²) in [7, 11) is -2.53. The number of hydrogen-bond acceptors (Lipinski definition) is 5. The topological polar surface area (TPSA) is 124 Å². The fourth-order valence-electron chi connectivity index (χ4n) is 2.49. The maximum Gasteiger partial charge on any atom is 0.287 e. The van der Waals surface area contributed by atoms with Gasteiger partial charge >= 0.3 is 0 Å². The summed E-state index contributed by atoms with van der Waals surface area (Å²) in [5.41, 5.74) is 5.98. The van der Waals surface area contributed by atoms with Gasteiger partial charge in [0.2, 0.25) is 10.0 Å². The van der Waals surface area contributed by atoms with E-state index >= 15 is 0 Å². The summed E-state index contributed by atoms with van der Waals surface area (Å²) in [6.45, 7) is -0.463. The molecule has 0 saturated carbocycles. The minimum Gasteiger partial charge on any atom is -0.272 e. The highest BCUT2D eigenvalue weighted by Gasteiger charge is 2.23. The van der Waals surface area contributed by atoms with E-state index in [-0.39, 0.29) is 10.6 Å². The Morgan fingerprint density at radius 2 is 1.62 bits per heavy atom. The Labute approximate surface area is 167 Å². The molecule has 0 fully saturated rings. The van der Waals surface area contributed by atoms with Gasteiger partial charge in [0.25, 0.3) is 11.8 Å². The second-order valence-corrected chi connectivity index (χ2v) is 8.15. The van der Waals surface area contributed by atoms with Crippen molar-refractivity contribution < 1.29 is 18.0 Å². The van der Waals surface area contributed by atoms with Crippen molar-refractivity contribution in [3.8, 4) is 11.3 Å². The van der Waals surface area contributed by atoms with Crippen LogP contribution in [0.15, 0.2) is 71.6 Å². The smallest absolute Gasteiger partial charge is 0.272 e. The molecule has 0 aliphatic carbocycles. The quantitative estimate of drug-likeness (QED) is 0.523. The number of sulfonamides is 1. The van der Waals surface area contributed by atoms with Gasteiger partial charge in [0.05, 0.1) is 17.1 Å². The number of aromatic nitrogens is 2. The highest BCUT2D eigenvalue weighted by atomic mass is 32.2. The molecule has 2 aromatic carbocycles. The number of benzene rings is 2. The van der Waals surface area contributed by atoms with E-state index in [1.54, 1.807) is 24.3 Å². The van der Waals surface area contributed by atoms with Gasteiger partial charge in [-0.15, -0.1) is 0 Å². The first-order valence-electron chi connectivity index (χ1n) is 8.59. The van der Waals surface area contributed by atoms with Crippen molar-refractivity contribution in [2.45, 2.75) is 4.90 Å². The second kappa shape index (κ2) is 8.67. The first-order valence-corrected chi connectivity index (χ1v) is 10.0. The Morgan fingerprint density at radius 3 is 2.28 bits per heavy atom. The monoisotopic (exact) mass is 413 g/mol. The number of amides is 2. The summed E-state index contributed by atoms with van der Waals surface area (Å²) >= 11 is 0. The van der Waals surface area contributed by atoms with Crippen molar-refractivity contribution in [2.24, 2.45) is 0 Å². The Morgan fingerprint density at radius 1 is 1.00 bits per heavy atom. The van der Waals surface area contributed by atoms with Crippen LogP contribution in [0.25, 0.3) is 11.3 Å². The van der Waals surface area contributed by atoms with Gasteiger partial charge in [-0.1, -0.05) is 48.5 Å². The maximum atomic E-state index is 12.4. The number of carbonyl (C=O) groups is 2. The molecule has 0 aliphatic heterocycles. The summed E-state index contributed by atoms with van der Waals surface area (Å²) < 4.78 is 25.7. The lowest BCUT2D eigenvalue weighted by atomic mass is 10.1. The van der Waals surface area contributed by atoms with E-state index in [2.05, 4.69) is 21.0 Å². The molecule has 0 atom stereocenters. The fraction of sp³-hybridized carbons (Fsp3) is 0.105. The molecule has 3 rings (SSSR count). The van der Waals surface area contributed by atoms with Crippen molar-refractivity contribution in [3.05, 3.63) is 72.4 Å². The van der Waals surface area contributed by atoms with Crippen molar-refractivity contribution in [3.63, 3.8) is 0 Å². The summed E-state index contributed by atoms with van der Waals surface area (Å²) in [6, 6.07) is 18.6.